The second kappa shape index (κ2) is 3.35. The Kier molecular flexibility index (Phi) is 2.35. The van der Waals surface area contributed by atoms with E-state index in [1.807, 2.05) is 24.8 Å². The summed E-state index contributed by atoms with van der Waals surface area (Å²) in [6, 6.07) is 6.30. The molecule has 0 radical (unpaired) electrons. The van der Waals surface area contributed by atoms with Crippen molar-refractivity contribution >= 4 is 11.8 Å². The maximum absolute atomic E-state index is 9.43. The number of fused-ring (bicyclic) bond motifs is 1. The van der Waals surface area contributed by atoms with Gasteiger partial charge in [0.05, 0.1) is 6.10 Å². The van der Waals surface area contributed by atoms with Crippen molar-refractivity contribution in [1.29, 1.82) is 0 Å². The molecule has 0 spiro atoms. The molecule has 1 aliphatic heterocycles. The summed E-state index contributed by atoms with van der Waals surface area (Å²) < 4.78 is 0. The van der Waals surface area contributed by atoms with Crippen molar-refractivity contribution in [2.45, 2.75) is 30.8 Å². The van der Waals surface area contributed by atoms with Crippen LogP contribution in [0.2, 0.25) is 0 Å². The first-order valence-corrected chi connectivity index (χ1v) is 5.61. The van der Waals surface area contributed by atoms with Crippen LogP contribution in [0.4, 0.5) is 0 Å². The highest BCUT2D eigenvalue weighted by atomic mass is 32.2. The Balaban J connectivity index is 2.42. The molecule has 0 amide bonds. The number of hydrogen-bond donors (Lipinski definition) is 1. The molecule has 0 fully saturated rings. The average molecular weight is 194 g/mol. The standard InChI is InChI=1S/C11H14OS/c1-7-6-13-11-4-3-9(8(2)12)5-10(7)11/h3-5,7-8,12H,6H2,1-2H3. The molecule has 1 heterocycles. The fraction of sp³-hybridized carbons (Fsp3) is 0.455. The van der Waals surface area contributed by atoms with E-state index < -0.39 is 0 Å². The van der Waals surface area contributed by atoms with Gasteiger partial charge in [-0.3, -0.25) is 0 Å². The van der Waals surface area contributed by atoms with E-state index in [-0.39, 0.29) is 6.10 Å². The van der Waals surface area contributed by atoms with Gasteiger partial charge < -0.3 is 5.11 Å². The first-order valence-electron chi connectivity index (χ1n) is 4.63. The number of benzene rings is 1. The number of aliphatic hydroxyl groups excluding tert-OH is 1. The van der Waals surface area contributed by atoms with E-state index in [0.717, 1.165) is 5.56 Å². The smallest absolute Gasteiger partial charge is 0.0762 e. The Morgan fingerprint density at radius 3 is 3.00 bits per heavy atom. The third kappa shape index (κ3) is 1.61. The first-order chi connectivity index (χ1) is 6.18. The lowest BCUT2D eigenvalue weighted by Gasteiger charge is -2.08. The van der Waals surface area contributed by atoms with E-state index in [2.05, 4.69) is 19.1 Å². The molecule has 70 valence electrons. The van der Waals surface area contributed by atoms with Crippen LogP contribution in [0.15, 0.2) is 23.1 Å². The van der Waals surface area contributed by atoms with Gasteiger partial charge in [-0.05, 0) is 30.0 Å². The van der Waals surface area contributed by atoms with Gasteiger partial charge >= 0.3 is 0 Å². The van der Waals surface area contributed by atoms with Gasteiger partial charge in [-0.2, -0.15) is 0 Å². The molecule has 0 bridgehead atoms. The molecule has 0 aliphatic carbocycles. The highest BCUT2D eigenvalue weighted by molar-refractivity contribution is 7.99. The molecule has 2 rings (SSSR count). The minimum Gasteiger partial charge on any atom is -0.389 e. The van der Waals surface area contributed by atoms with Crippen LogP contribution >= 0.6 is 11.8 Å². The molecule has 0 aromatic heterocycles. The zero-order chi connectivity index (χ0) is 9.42. The number of hydrogen-bond acceptors (Lipinski definition) is 2. The van der Waals surface area contributed by atoms with Crippen molar-refractivity contribution in [3.8, 4) is 0 Å². The van der Waals surface area contributed by atoms with Crippen LogP contribution < -0.4 is 0 Å². The van der Waals surface area contributed by atoms with Gasteiger partial charge in [0.1, 0.15) is 0 Å². The highest BCUT2D eigenvalue weighted by Gasteiger charge is 2.19. The van der Waals surface area contributed by atoms with Crippen LogP contribution in [0.25, 0.3) is 0 Å². The summed E-state index contributed by atoms with van der Waals surface area (Å²) in [5.41, 5.74) is 2.44. The van der Waals surface area contributed by atoms with Gasteiger partial charge in [0.2, 0.25) is 0 Å². The molecule has 2 heteroatoms. The Morgan fingerprint density at radius 2 is 2.31 bits per heavy atom. The van der Waals surface area contributed by atoms with Gasteiger partial charge in [-0.25, -0.2) is 0 Å². The van der Waals surface area contributed by atoms with E-state index in [1.165, 1.54) is 16.2 Å². The third-order valence-corrected chi connectivity index (χ3v) is 3.89. The predicted molar refractivity (Wildman–Crippen MR) is 56.2 cm³/mol. The van der Waals surface area contributed by atoms with Crippen LogP contribution in [0.5, 0.6) is 0 Å². The van der Waals surface area contributed by atoms with Gasteiger partial charge in [0, 0.05) is 10.6 Å². The van der Waals surface area contributed by atoms with E-state index in [4.69, 9.17) is 0 Å². The lowest BCUT2D eigenvalue weighted by molar-refractivity contribution is 0.199. The maximum Gasteiger partial charge on any atom is 0.0762 e. The van der Waals surface area contributed by atoms with Gasteiger partial charge in [-0.1, -0.05) is 19.1 Å². The van der Waals surface area contributed by atoms with E-state index >= 15 is 0 Å². The molecule has 2 unspecified atom stereocenters. The van der Waals surface area contributed by atoms with E-state index in [9.17, 15) is 5.11 Å². The molecule has 13 heavy (non-hydrogen) atoms. The Morgan fingerprint density at radius 1 is 1.54 bits per heavy atom. The van der Waals surface area contributed by atoms with Crippen molar-refractivity contribution < 1.29 is 5.11 Å². The zero-order valence-electron chi connectivity index (χ0n) is 7.95. The van der Waals surface area contributed by atoms with Gasteiger partial charge in [-0.15, -0.1) is 11.8 Å². The molecule has 0 saturated carbocycles. The molecule has 0 saturated heterocycles. The fourth-order valence-corrected chi connectivity index (χ4v) is 2.85. The molecular weight excluding hydrogens is 180 g/mol. The minimum atomic E-state index is -0.344. The molecule has 1 N–H and O–H groups in total. The number of thioether (sulfide) groups is 1. The lowest BCUT2D eigenvalue weighted by atomic mass is 9.99. The number of aliphatic hydroxyl groups is 1. The summed E-state index contributed by atoms with van der Waals surface area (Å²) in [6.45, 7) is 4.05. The summed E-state index contributed by atoms with van der Waals surface area (Å²) >= 11 is 1.91. The highest BCUT2D eigenvalue weighted by Crippen LogP contribution is 2.40. The monoisotopic (exact) mass is 194 g/mol. The normalized spacial score (nSPS) is 22.8. The Bertz CT molecular complexity index is 320. The number of rotatable bonds is 1. The summed E-state index contributed by atoms with van der Waals surface area (Å²) in [4.78, 5) is 1.39. The lowest BCUT2D eigenvalue weighted by Crippen LogP contribution is -1.95. The van der Waals surface area contributed by atoms with Crippen LogP contribution in [0.1, 0.15) is 37.0 Å². The summed E-state index contributed by atoms with van der Waals surface area (Å²) in [7, 11) is 0. The third-order valence-electron chi connectivity index (χ3n) is 2.54. The molecule has 2 atom stereocenters. The SMILES string of the molecule is CC(O)c1ccc2c(c1)C(C)CS2. The summed E-state index contributed by atoms with van der Waals surface area (Å²) in [5.74, 6) is 1.82. The van der Waals surface area contributed by atoms with Crippen molar-refractivity contribution in [3.63, 3.8) is 0 Å². The van der Waals surface area contributed by atoms with Crippen LogP contribution in [0, 0.1) is 0 Å². The molecule has 1 aromatic carbocycles. The zero-order valence-corrected chi connectivity index (χ0v) is 8.77. The Hall–Kier alpha value is -0.470. The average Bonchev–Trinajstić information content (AvgIpc) is 2.47. The van der Waals surface area contributed by atoms with E-state index in [0.29, 0.717) is 5.92 Å². The topological polar surface area (TPSA) is 20.2 Å². The van der Waals surface area contributed by atoms with Crippen molar-refractivity contribution in [1.82, 2.24) is 0 Å². The minimum absolute atomic E-state index is 0.344. The van der Waals surface area contributed by atoms with Gasteiger partial charge in [0.25, 0.3) is 0 Å². The molecule has 1 nitrogen and oxygen atoms in total. The summed E-state index contributed by atoms with van der Waals surface area (Å²) in [5, 5.41) is 9.43. The molecular formula is C11H14OS. The van der Waals surface area contributed by atoms with Crippen LogP contribution in [-0.2, 0) is 0 Å². The first kappa shape index (κ1) is 9.10. The second-order valence-corrected chi connectivity index (χ2v) is 4.75. The molecule has 1 aromatic rings. The van der Waals surface area contributed by atoms with Crippen LogP contribution in [0.3, 0.4) is 0 Å². The summed E-state index contributed by atoms with van der Waals surface area (Å²) in [6.07, 6.45) is -0.344. The quantitative estimate of drug-likeness (QED) is 0.741. The predicted octanol–water partition coefficient (Wildman–Crippen LogP) is 2.95. The van der Waals surface area contributed by atoms with Crippen molar-refractivity contribution in [2.24, 2.45) is 0 Å². The van der Waals surface area contributed by atoms with E-state index in [1.54, 1.807) is 0 Å². The van der Waals surface area contributed by atoms with Crippen LogP contribution in [-0.4, -0.2) is 10.9 Å². The Labute approximate surface area is 83.2 Å². The maximum atomic E-state index is 9.43. The second-order valence-electron chi connectivity index (χ2n) is 3.69. The fourth-order valence-electron chi connectivity index (χ4n) is 1.65. The van der Waals surface area contributed by atoms with Crippen molar-refractivity contribution in [2.75, 3.05) is 5.75 Å². The molecule has 1 aliphatic rings. The largest absolute Gasteiger partial charge is 0.389 e. The van der Waals surface area contributed by atoms with Crippen molar-refractivity contribution in [3.05, 3.63) is 29.3 Å². The van der Waals surface area contributed by atoms with Gasteiger partial charge in [0.15, 0.2) is 0 Å².